The molecule has 0 unspecified atom stereocenters. The molecule has 1 amide bonds. The van der Waals surface area contributed by atoms with Crippen molar-refractivity contribution in [2.75, 3.05) is 5.32 Å². The molecule has 0 spiro atoms. The second-order valence-electron chi connectivity index (χ2n) is 5.16. The summed E-state index contributed by atoms with van der Waals surface area (Å²) in [5.74, 6) is 0.106. The Bertz CT molecular complexity index is 362. The summed E-state index contributed by atoms with van der Waals surface area (Å²) in [5.41, 5.74) is 2.28. The lowest BCUT2D eigenvalue weighted by Crippen LogP contribution is -2.10. The average Bonchev–Trinajstić information content (AvgIpc) is 2.41. The van der Waals surface area contributed by atoms with Gasteiger partial charge in [-0.3, -0.25) is 4.79 Å². The van der Waals surface area contributed by atoms with Crippen molar-refractivity contribution >= 4 is 24.0 Å². The maximum absolute atomic E-state index is 11.5. The number of hydrogen-bond acceptors (Lipinski definition) is 1. The molecule has 0 saturated heterocycles. The molecule has 0 saturated carbocycles. The lowest BCUT2D eigenvalue weighted by atomic mass is 10.1. The van der Waals surface area contributed by atoms with Gasteiger partial charge in [0, 0.05) is 12.1 Å². The van der Waals surface area contributed by atoms with Crippen molar-refractivity contribution in [3.05, 3.63) is 29.8 Å². The number of hydrogen-bond donors (Lipinski definition) is 1. The van der Waals surface area contributed by atoms with Gasteiger partial charge in [-0.05, 0) is 37.0 Å². The number of carbonyl (C=O) groups excluding carboxylic acids is 1. The van der Waals surface area contributed by atoms with E-state index >= 15 is 0 Å². The van der Waals surface area contributed by atoms with Crippen molar-refractivity contribution in [3.63, 3.8) is 0 Å². The predicted molar refractivity (Wildman–Crippen MR) is 89.7 cm³/mol. The number of carbonyl (C=O) groups is 1. The average molecular weight is 298 g/mol. The summed E-state index contributed by atoms with van der Waals surface area (Å²) >= 11 is 0. The maximum atomic E-state index is 11.5. The molecule has 1 aromatic rings. The van der Waals surface area contributed by atoms with Crippen LogP contribution in [0.2, 0.25) is 0 Å². The highest BCUT2D eigenvalue weighted by Crippen LogP contribution is 2.13. The minimum absolute atomic E-state index is 0. The van der Waals surface area contributed by atoms with Gasteiger partial charge in [0.2, 0.25) is 5.91 Å². The first kappa shape index (κ1) is 19.0. The van der Waals surface area contributed by atoms with Crippen LogP contribution in [-0.4, -0.2) is 5.91 Å². The van der Waals surface area contributed by atoms with E-state index in [1.165, 1.54) is 37.7 Å². The molecule has 1 aromatic carbocycles. The number of benzene rings is 1. The van der Waals surface area contributed by atoms with Crippen LogP contribution >= 0.6 is 12.4 Å². The van der Waals surface area contributed by atoms with Crippen LogP contribution in [0.4, 0.5) is 5.69 Å². The summed E-state index contributed by atoms with van der Waals surface area (Å²) in [5, 5.41) is 2.92. The molecule has 1 N–H and O–H groups in total. The van der Waals surface area contributed by atoms with E-state index in [-0.39, 0.29) is 18.3 Å². The molecule has 0 aromatic heterocycles. The number of rotatable bonds is 9. The Balaban J connectivity index is 0.00000361. The van der Waals surface area contributed by atoms with Gasteiger partial charge < -0.3 is 5.32 Å². The summed E-state index contributed by atoms with van der Waals surface area (Å²) in [6, 6.07) is 8.27. The molecule has 2 nitrogen and oxygen atoms in total. The first-order valence-corrected chi connectivity index (χ1v) is 7.65. The number of aryl methyl sites for hydroxylation is 1. The van der Waals surface area contributed by atoms with Gasteiger partial charge in [0.25, 0.3) is 0 Å². The molecule has 3 heteroatoms. The highest BCUT2D eigenvalue weighted by atomic mass is 35.5. The zero-order chi connectivity index (χ0) is 13.9. The van der Waals surface area contributed by atoms with Crippen LogP contribution in [0.1, 0.15) is 64.4 Å². The second-order valence-corrected chi connectivity index (χ2v) is 5.16. The topological polar surface area (TPSA) is 29.1 Å². The highest BCUT2D eigenvalue weighted by Gasteiger charge is 2.00. The Morgan fingerprint density at radius 1 is 0.950 bits per heavy atom. The normalized spacial score (nSPS) is 9.90. The van der Waals surface area contributed by atoms with Gasteiger partial charge in [-0.2, -0.15) is 0 Å². The smallest absolute Gasteiger partial charge is 0.224 e. The molecule has 20 heavy (non-hydrogen) atoms. The lowest BCUT2D eigenvalue weighted by Gasteiger charge is -2.06. The molecule has 0 atom stereocenters. The Morgan fingerprint density at radius 2 is 1.60 bits per heavy atom. The fourth-order valence-electron chi connectivity index (χ4n) is 2.14. The van der Waals surface area contributed by atoms with Gasteiger partial charge in [0.1, 0.15) is 0 Å². The van der Waals surface area contributed by atoms with Crippen LogP contribution in [0.25, 0.3) is 0 Å². The molecule has 0 aliphatic heterocycles. The highest BCUT2D eigenvalue weighted by molar-refractivity contribution is 5.90. The van der Waals surface area contributed by atoms with Crippen molar-refractivity contribution in [2.45, 2.75) is 65.2 Å². The van der Waals surface area contributed by atoms with Gasteiger partial charge in [0.05, 0.1) is 0 Å². The van der Waals surface area contributed by atoms with Crippen molar-refractivity contribution in [2.24, 2.45) is 0 Å². The first-order chi connectivity index (χ1) is 9.26. The molecule has 114 valence electrons. The van der Waals surface area contributed by atoms with Crippen molar-refractivity contribution in [3.8, 4) is 0 Å². The van der Waals surface area contributed by atoms with Gasteiger partial charge in [0.15, 0.2) is 0 Å². The van der Waals surface area contributed by atoms with E-state index in [2.05, 4.69) is 24.4 Å². The van der Waals surface area contributed by atoms with Gasteiger partial charge in [-0.15, -0.1) is 12.4 Å². The van der Waals surface area contributed by atoms with Gasteiger partial charge in [-0.1, -0.05) is 51.7 Å². The van der Waals surface area contributed by atoms with Crippen LogP contribution < -0.4 is 5.32 Å². The van der Waals surface area contributed by atoms with E-state index in [1.54, 1.807) is 0 Å². The molecular weight excluding hydrogens is 270 g/mol. The summed E-state index contributed by atoms with van der Waals surface area (Å²) < 4.78 is 0. The fourth-order valence-corrected chi connectivity index (χ4v) is 2.14. The molecule has 0 aliphatic carbocycles. The number of amides is 1. The molecule has 0 bridgehead atoms. The van der Waals surface area contributed by atoms with Crippen molar-refractivity contribution < 1.29 is 4.79 Å². The lowest BCUT2D eigenvalue weighted by molar-refractivity contribution is -0.116. The van der Waals surface area contributed by atoms with Gasteiger partial charge in [-0.25, -0.2) is 0 Å². The van der Waals surface area contributed by atoms with Crippen LogP contribution in [-0.2, 0) is 11.2 Å². The predicted octanol–water partition coefficient (Wildman–Crippen LogP) is 5.36. The second kappa shape index (κ2) is 11.8. The standard InChI is InChI=1S/C17H27NO.ClH/c1-3-5-6-7-8-10-15-11-13-16(14-12-15)18-17(19)9-4-2;/h11-14H,3-10H2,1-2H3,(H,18,19);1H. The zero-order valence-electron chi connectivity index (χ0n) is 12.8. The van der Waals surface area contributed by atoms with E-state index in [9.17, 15) is 4.79 Å². The summed E-state index contributed by atoms with van der Waals surface area (Å²) in [7, 11) is 0. The van der Waals surface area contributed by atoms with Crippen LogP contribution in [0, 0.1) is 0 Å². The van der Waals surface area contributed by atoms with Crippen LogP contribution in [0.5, 0.6) is 0 Å². The molecule has 0 aliphatic rings. The maximum Gasteiger partial charge on any atom is 0.224 e. The molecule has 1 rings (SSSR count). The third-order valence-electron chi connectivity index (χ3n) is 3.28. The van der Waals surface area contributed by atoms with E-state index in [0.717, 1.165) is 18.5 Å². The largest absolute Gasteiger partial charge is 0.326 e. The first-order valence-electron chi connectivity index (χ1n) is 7.65. The number of nitrogens with one attached hydrogen (secondary N) is 1. The summed E-state index contributed by atoms with van der Waals surface area (Å²) in [6.07, 6.45) is 9.22. The summed E-state index contributed by atoms with van der Waals surface area (Å²) in [4.78, 5) is 11.5. The van der Waals surface area contributed by atoms with E-state index in [0.29, 0.717) is 6.42 Å². The Kier molecular flexibility index (Phi) is 11.2. The fraction of sp³-hybridized carbons (Fsp3) is 0.588. The Morgan fingerprint density at radius 3 is 2.20 bits per heavy atom. The molecule has 0 heterocycles. The zero-order valence-corrected chi connectivity index (χ0v) is 13.6. The Labute approximate surface area is 129 Å². The third-order valence-corrected chi connectivity index (χ3v) is 3.28. The molecule has 0 fully saturated rings. The summed E-state index contributed by atoms with van der Waals surface area (Å²) in [6.45, 7) is 4.26. The Hall–Kier alpha value is -1.02. The van der Waals surface area contributed by atoms with E-state index in [4.69, 9.17) is 0 Å². The minimum Gasteiger partial charge on any atom is -0.326 e. The van der Waals surface area contributed by atoms with Crippen molar-refractivity contribution in [1.29, 1.82) is 0 Å². The van der Waals surface area contributed by atoms with E-state index in [1.807, 2.05) is 19.1 Å². The monoisotopic (exact) mass is 297 g/mol. The quantitative estimate of drug-likeness (QED) is 0.611. The van der Waals surface area contributed by atoms with Gasteiger partial charge >= 0.3 is 0 Å². The van der Waals surface area contributed by atoms with E-state index < -0.39 is 0 Å². The number of anilines is 1. The molecule has 0 radical (unpaired) electrons. The number of halogens is 1. The third kappa shape index (κ3) is 8.21. The molecular formula is C17H28ClNO. The minimum atomic E-state index is 0. The number of unbranched alkanes of at least 4 members (excludes halogenated alkanes) is 4. The van der Waals surface area contributed by atoms with Crippen LogP contribution in [0.3, 0.4) is 0 Å². The van der Waals surface area contributed by atoms with Crippen molar-refractivity contribution in [1.82, 2.24) is 0 Å². The SMILES string of the molecule is CCCCCCCc1ccc(NC(=O)CCC)cc1.Cl. The van der Waals surface area contributed by atoms with Crippen LogP contribution in [0.15, 0.2) is 24.3 Å².